The predicted octanol–water partition coefficient (Wildman–Crippen LogP) is 3.03. The fraction of sp³-hybridized carbons (Fsp3) is 0.250. The Morgan fingerprint density at radius 1 is 1.00 bits per heavy atom. The molecule has 0 radical (unpaired) electrons. The van der Waals surface area contributed by atoms with Crippen LogP contribution in [0.5, 0.6) is 0 Å². The number of nitrogens with one attached hydrogen (secondary N) is 1. The molecule has 2 rings (SSSR count). The van der Waals surface area contributed by atoms with Gasteiger partial charge in [-0.3, -0.25) is 9.59 Å². The third kappa shape index (κ3) is 4.92. The number of carbonyl (C=O) groups is 3. The van der Waals surface area contributed by atoms with Crippen LogP contribution in [0.4, 0.5) is 11.4 Å². The number of methoxy groups -OCH3 is 1. The van der Waals surface area contributed by atoms with E-state index in [1.807, 2.05) is 24.3 Å². The van der Waals surface area contributed by atoms with Gasteiger partial charge in [-0.2, -0.15) is 0 Å². The van der Waals surface area contributed by atoms with E-state index in [4.69, 9.17) is 0 Å². The molecule has 2 amide bonds. The molecular weight excluding hydrogens is 332 g/mol. The quantitative estimate of drug-likeness (QED) is 0.809. The van der Waals surface area contributed by atoms with Crippen LogP contribution < -0.4 is 10.2 Å². The van der Waals surface area contributed by atoms with E-state index in [9.17, 15) is 14.4 Å². The summed E-state index contributed by atoms with van der Waals surface area (Å²) < 4.78 is 4.63. The molecule has 0 aromatic heterocycles. The lowest BCUT2D eigenvalue weighted by molar-refractivity contribution is -0.120. The maximum atomic E-state index is 12.3. The molecular formula is C20H22N2O4. The first kappa shape index (κ1) is 19.2. The molecule has 0 unspecified atom stereocenters. The van der Waals surface area contributed by atoms with Crippen molar-refractivity contribution < 1.29 is 19.1 Å². The van der Waals surface area contributed by atoms with Gasteiger partial charge >= 0.3 is 5.97 Å². The zero-order chi connectivity index (χ0) is 19.1. The second-order valence-corrected chi connectivity index (χ2v) is 5.74. The highest BCUT2D eigenvalue weighted by atomic mass is 16.5. The zero-order valence-corrected chi connectivity index (χ0v) is 15.1. The van der Waals surface area contributed by atoms with Crippen molar-refractivity contribution in [3.8, 4) is 0 Å². The SMILES string of the molecule is CCc1ccc(N(CC(=O)Nc2ccc(C(=O)OC)cc2)C(C)=O)cc1. The third-order valence-electron chi connectivity index (χ3n) is 3.93. The van der Waals surface area contributed by atoms with Crippen LogP contribution in [0.2, 0.25) is 0 Å². The fourth-order valence-corrected chi connectivity index (χ4v) is 2.45. The smallest absolute Gasteiger partial charge is 0.337 e. The van der Waals surface area contributed by atoms with E-state index >= 15 is 0 Å². The highest BCUT2D eigenvalue weighted by Gasteiger charge is 2.16. The summed E-state index contributed by atoms with van der Waals surface area (Å²) >= 11 is 0. The van der Waals surface area contributed by atoms with Gasteiger partial charge in [0.25, 0.3) is 0 Å². The van der Waals surface area contributed by atoms with Gasteiger partial charge < -0.3 is 15.0 Å². The normalized spacial score (nSPS) is 10.1. The van der Waals surface area contributed by atoms with Gasteiger partial charge in [0.1, 0.15) is 6.54 Å². The van der Waals surface area contributed by atoms with Gasteiger partial charge in [0, 0.05) is 18.3 Å². The molecule has 0 spiro atoms. The Labute approximate surface area is 152 Å². The lowest BCUT2D eigenvalue weighted by Crippen LogP contribution is -2.36. The molecule has 0 heterocycles. The summed E-state index contributed by atoms with van der Waals surface area (Å²) in [6, 6.07) is 13.9. The molecule has 0 fully saturated rings. The van der Waals surface area contributed by atoms with Crippen molar-refractivity contribution in [1.29, 1.82) is 0 Å². The lowest BCUT2D eigenvalue weighted by Gasteiger charge is -2.21. The van der Waals surface area contributed by atoms with Gasteiger partial charge in [-0.15, -0.1) is 0 Å². The highest BCUT2D eigenvalue weighted by molar-refractivity contribution is 6.02. The number of anilines is 2. The Morgan fingerprint density at radius 3 is 2.12 bits per heavy atom. The average Bonchev–Trinajstić information content (AvgIpc) is 2.66. The highest BCUT2D eigenvalue weighted by Crippen LogP contribution is 2.17. The van der Waals surface area contributed by atoms with Crippen molar-refractivity contribution in [2.75, 3.05) is 23.9 Å². The monoisotopic (exact) mass is 354 g/mol. The zero-order valence-electron chi connectivity index (χ0n) is 15.1. The van der Waals surface area contributed by atoms with E-state index in [1.54, 1.807) is 24.3 Å². The summed E-state index contributed by atoms with van der Waals surface area (Å²) in [4.78, 5) is 37.1. The van der Waals surface area contributed by atoms with Gasteiger partial charge in [-0.1, -0.05) is 19.1 Å². The summed E-state index contributed by atoms with van der Waals surface area (Å²) in [5.74, 6) is -0.989. The molecule has 0 aliphatic carbocycles. The van der Waals surface area contributed by atoms with Crippen LogP contribution in [0.15, 0.2) is 48.5 Å². The summed E-state index contributed by atoms with van der Waals surface area (Å²) in [5.41, 5.74) is 2.76. The second-order valence-electron chi connectivity index (χ2n) is 5.74. The largest absolute Gasteiger partial charge is 0.465 e. The van der Waals surface area contributed by atoms with Crippen LogP contribution in [0.3, 0.4) is 0 Å². The Morgan fingerprint density at radius 2 is 1.62 bits per heavy atom. The number of nitrogens with zero attached hydrogens (tertiary/aromatic N) is 1. The van der Waals surface area contributed by atoms with E-state index < -0.39 is 5.97 Å². The van der Waals surface area contributed by atoms with E-state index in [0.29, 0.717) is 16.9 Å². The first-order valence-corrected chi connectivity index (χ1v) is 8.30. The van der Waals surface area contributed by atoms with Gasteiger partial charge in [0.05, 0.1) is 12.7 Å². The Bertz CT molecular complexity index is 782. The number of ether oxygens (including phenoxy) is 1. The fourth-order valence-electron chi connectivity index (χ4n) is 2.45. The van der Waals surface area contributed by atoms with Crippen molar-refractivity contribution >= 4 is 29.2 Å². The molecule has 0 saturated carbocycles. The van der Waals surface area contributed by atoms with Crippen LogP contribution in [-0.4, -0.2) is 31.4 Å². The third-order valence-corrected chi connectivity index (χ3v) is 3.93. The molecule has 0 aliphatic heterocycles. The van der Waals surface area contributed by atoms with E-state index in [2.05, 4.69) is 17.0 Å². The molecule has 136 valence electrons. The second kappa shape index (κ2) is 8.80. The standard InChI is InChI=1S/C20H22N2O4/c1-4-15-5-11-18(12-6-15)22(14(2)23)13-19(24)21-17-9-7-16(8-10-17)20(25)26-3/h5-12H,4,13H2,1-3H3,(H,21,24). The maximum absolute atomic E-state index is 12.3. The molecule has 0 aliphatic rings. The number of benzene rings is 2. The molecule has 2 aromatic carbocycles. The first-order valence-electron chi connectivity index (χ1n) is 8.30. The molecule has 6 nitrogen and oxygen atoms in total. The lowest BCUT2D eigenvalue weighted by atomic mass is 10.1. The number of rotatable bonds is 6. The predicted molar refractivity (Wildman–Crippen MR) is 100 cm³/mol. The molecule has 2 aromatic rings. The van der Waals surface area contributed by atoms with Crippen molar-refractivity contribution in [2.45, 2.75) is 20.3 Å². The minimum absolute atomic E-state index is 0.0977. The molecule has 0 atom stereocenters. The number of amides is 2. The topological polar surface area (TPSA) is 75.7 Å². The van der Waals surface area contributed by atoms with Crippen LogP contribution in [-0.2, 0) is 20.7 Å². The number of hydrogen-bond donors (Lipinski definition) is 1. The van der Waals surface area contributed by atoms with Crippen molar-refractivity contribution in [2.24, 2.45) is 0 Å². The van der Waals surface area contributed by atoms with Gasteiger partial charge in [0.15, 0.2) is 0 Å². The van der Waals surface area contributed by atoms with Gasteiger partial charge in [-0.25, -0.2) is 4.79 Å². The number of hydrogen-bond acceptors (Lipinski definition) is 4. The Hall–Kier alpha value is -3.15. The van der Waals surface area contributed by atoms with Crippen molar-refractivity contribution in [1.82, 2.24) is 0 Å². The first-order chi connectivity index (χ1) is 12.4. The van der Waals surface area contributed by atoms with E-state index in [0.717, 1.165) is 12.0 Å². The molecule has 0 bridgehead atoms. The summed E-state index contributed by atoms with van der Waals surface area (Å²) in [6.07, 6.45) is 0.905. The number of esters is 1. The summed E-state index contributed by atoms with van der Waals surface area (Å²) in [5, 5.41) is 2.72. The van der Waals surface area contributed by atoms with E-state index in [-0.39, 0.29) is 18.4 Å². The molecule has 1 N–H and O–H groups in total. The summed E-state index contributed by atoms with van der Waals surface area (Å²) in [7, 11) is 1.31. The van der Waals surface area contributed by atoms with Crippen LogP contribution in [0.25, 0.3) is 0 Å². The molecule has 26 heavy (non-hydrogen) atoms. The summed E-state index contributed by atoms with van der Waals surface area (Å²) in [6.45, 7) is 3.38. The van der Waals surface area contributed by atoms with Crippen molar-refractivity contribution in [3.63, 3.8) is 0 Å². The Kier molecular flexibility index (Phi) is 6.49. The molecule has 0 saturated heterocycles. The van der Waals surface area contributed by atoms with Crippen molar-refractivity contribution in [3.05, 3.63) is 59.7 Å². The molecule has 6 heteroatoms. The minimum atomic E-state index is -0.443. The van der Waals surface area contributed by atoms with Crippen LogP contribution in [0, 0.1) is 0 Å². The maximum Gasteiger partial charge on any atom is 0.337 e. The van der Waals surface area contributed by atoms with E-state index in [1.165, 1.54) is 18.9 Å². The number of carbonyl (C=O) groups excluding carboxylic acids is 3. The number of aryl methyl sites for hydroxylation is 1. The van der Waals surface area contributed by atoms with Gasteiger partial charge in [0.2, 0.25) is 11.8 Å². The van der Waals surface area contributed by atoms with Gasteiger partial charge in [-0.05, 0) is 48.4 Å². The van der Waals surface area contributed by atoms with Crippen LogP contribution in [0.1, 0.15) is 29.8 Å². The Balaban J connectivity index is 2.05. The van der Waals surface area contributed by atoms with Crippen LogP contribution >= 0.6 is 0 Å². The average molecular weight is 354 g/mol. The minimum Gasteiger partial charge on any atom is -0.465 e.